The Balaban J connectivity index is 1.47. The molecule has 3 heterocycles. The lowest BCUT2D eigenvalue weighted by atomic mass is 9.91. The van der Waals surface area contributed by atoms with Crippen LogP contribution in [0, 0.1) is 0 Å². The molecule has 0 aliphatic carbocycles. The first-order valence-electron chi connectivity index (χ1n) is 12.5. The number of H-pyrrole nitrogens is 2. The summed E-state index contributed by atoms with van der Waals surface area (Å²) in [5, 5.41) is 11.7. The molecular formula is C29H21Cl2N5O4. The second-order valence-electron chi connectivity index (χ2n) is 9.35. The number of rotatable bonds is 6. The van der Waals surface area contributed by atoms with Crippen molar-refractivity contribution >= 4 is 45.7 Å². The first kappa shape index (κ1) is 25.8. The van der Waals surface area contributed by atoms with Crippen molar-refractivity contribution in [1.82, 2.24) is 20.1 Å². The summed E-state index contributed by atoms with van der Waals surface area (Å²) < 4.78 is 4.54. The maximum absolute atomic E-state index is 13.6. The summed E-state index contributed by atoms with van der Waals surface area (Å²) in [5.74, 6) is -0.724. The molecule has 5 aromatic rings. The predicted molar refractivity (Wildman–Crippen MR) is 153 cm³/mol. The van der Waals surface area contributed by atoms with Gasteiger partial charge in [-0.3, -0.25) is 19.1 Å². The van der Waals surface area contributed by atoms with Gasteiger partial charge in [-0.05, 0) is 41.5 Å². The summed E-state index contributed by atoms with van der Waals surface area (Å²) in [5.41, 5.74) is 3.55. The number of benzene rings is 3. The number of carbonyl (C=O) groups is 1. The quantitative estimate of drug-likeness (QED) is 0.278. The number of aromatic nitrogens is 3. The van der Waals surface area contributed by atoms with Crippen LogP contribution in [-0.2, 0) is 11.2 Å². The van der Waals surface area contributed by atoms with E-state index in [0.29, 0.717) is 38.8 Å². The molecule has 0 spiro atoms. The van der Waals surface area contributed by atoms with Crippen LogP contribution in [0.3, 0.4) is 0 Å². The van der Waals surface area contributed by atoms with E-state index < -0.39 is 11.8 Å². The zero-order valence-corrected chi connectivity index (χ0v) is 22.4. The molecule has 200 valence electrons. The molecule has 0 saturated carbocycles. The number of nitrogens with one attached hydrogen (secondary N) is 2. The van der Waals surface area contributed by atoms with Gasteiger partial charge < -0.3 is 4.98 Å². The smallest absolute Gasteiger partial charge is 0.321 e. The van der Waals surface area contributed by atoms with Gasteiger partial charge in [-0.2, -0.15) is 5.10 Å². The van der Waals surface area contributed by atoms with E-state index >= 15 is 0 Å². The van der Waals surface area contributed by atoms with Crippen LogP contribution in [0.4, 0.5) is 0 Å². The first-order chi connectivity index (χ1) is 19.4. The van der Waals surface area contributed by atoms with E-state index in [9.17, 15) is 14.4 Å². The highest BCUT2D eigenvalue weighted by Crippen LogP contribution is 2.37. The van der Waals surface area contributed by atoms with E-state index in [1.165, 1.54) is 5.01 Å². The number of aromatic amines is 2. The number of aryl methyl sites for hydroxylation is 1. The Morgan fingerprint density at radius 3 is 2.33 bits per heavy atom. The van der Waals surface area contributed by atoms with E-state index in [2.05, 4.69) is 19.6 Å². The second kappa shape index (κ2) is 10.6. The van der Waals surface area contributed by atoms with E-state index in [0.717, 1.165) is 16.5 Å². The summed E-state index contributed by atoms with van der Waals surface area (Å²) in [6.07, 6.45) is 0.476. The van der Waals surface area contributed by atoms with Gasteiger partial charge in [-0.15, -0.1) is 0 Å². The molecule has 1 aliphatic heterocycles. The molecule has 6 rings (SSSR count). The van der Waals surface area contributed by atoms with Gasteiger partial charge in [0.1, 0.15) is 0 Å². The molecule has 1 atom stereocenters. The van der Waals surface area contributed by atoms with Gasteiger partial charge in [0.25, 0.3) is 5.56 Å². The molecule has 0 bridgehead atoms. The minimum atomic E-state index is -0.687. The van der Waals surface area contributed by atoms with Gasteiger partial charge in [-0.1, -0.05) is 70.8 Å². The molecule has 2 aromatic heterocycles. The zero-order valence-electron chi connectivity index (χ0n) is 20.9. The molecule has 40 heavy (non-hydrogen) atoms. The molecule has 2 N–H and O–H groups in total. The lowest BCUT2D eigenvalue weighted by Gasteiger charge is -2.22. The van der Waals surface area contributed by atoms with E-state index in [-0.39, 0.29) is 30.1 Å². The van der Waals surface area contributed by atoms with Crippen LogP contribution in [0.25, 0.3) is 22.0 Å². The number of nitrogens with zero attached hydrogens (tertiary/aromatic N) is 3. The van der Waals surface area contributed by atoms with E-state index in [1.54, 1.807) is 24.3 Å². The van der Waals surface area contributed by atoms with E-state index in [4.69, 9.17) is 28.3 Å². The number of hydrazone groups is 1. The van der Waals surface area contributed by atoms with Crippen molar-refractivity contribution < 1.29 is 9.32 Å². The average Bonchev–Trinajstić information content (AvgIpc) is 3.58. The Kier molecular flexibility index (Phi) is 6.83. The van der Waals surface area contributed by atoms with Crippen molar-refractivity contribution in [3.05, 3.63) is 121 Å². The van der Waals surface area contributed by atoms with Gasteiger partial charge in [0, 0.05) is 45.8 Å². The number of pyridine rings is 1. The molecule has 1 unspecified atom stereocenters. The Morgan fingerprint density at radius 2 is 1.62 bits per heavy atom. The largest absolute Gasteiger partial charge is 0.438 e. The fraction of sp³-hybridized carbons (Fsp3) is 0.138. The van der Waals surface area contributed by atoms with Crippen LogP contribution in [0.15, 0.2) is 92.0 Å². The summed E-state index contributed by atoms with van der Waals surface area (Å²) in [7, 11) is 0. The van der Waals surface area contributed by atoms with Crippen molar-refractivity contribution in [3.63, 3.8) is 0 Å². The fourth-order valence-corrected chi connectivity index (χ4v) is 5.23. The molecule has 11 heteroatoms. The predicted octanol–water partition coefficient (Wildman–Crippen LogP) is 5.49. The summed E-state index contributed by atoms with van der Waals surface area (Å²) in [4.78, 5) is 43.8. The second-order valence-corrected chi connectivity index (χ2v) is 10.2. The molecule has 0 radical (unpaired) electrons. The Bertz CT molecular complexity index is 1870. The highest BCUT2D eigenvalue weighted by atomic mass is 35.5. The first-order valence-corrected chi connectivity index (χ1v) is 13.2. The number of halogens is 2. The summed E-state index contributed by atoms with van der Waals surface area (Å²) in [6, 6.07) is 21.5. The highest BCUT2D eigenvalue weighted by molar-refractivity contribution is 6.31. The number of fused-ring (bicyclic) bond motifs is 1. The standard InChI is InChI=1S/C29H21Cl2N5O4/c30-18-9-5-16(6-10-18)23-15-22(34-36(23)25(37)14-13-24-33-29(39)40-35-24)27-26(17-7-11-19(31)12-8-17)20-3-1-2-4-21(20)32-28(27)38/h1-12,23H,13-15H2,(H,32,38)(H,33,35,39). The Hall–Kier alpha value is -4.47. The van der Waals surface area contributed by atoms with Gasteiger partial charge in [0.05, 0.1) is 17.3 Å². The molecule has 1 aliphatic rings. The average molecular weight is 574 g/mol. The maximum atomic E-state index is 13.6. The van der Waals surface area contributed by atoms with Crippen LogP contribution in [0.5, 0.6) is 0 Å². The minimum Gasteiger partial charge on any atom is -0.321 e. The molecular weight excluding hydrogens is 553 g/mol. The van der Waals surface area contributed by atoms with Crippen molar-refractivity contribution in [3.8, 4) is 11.1 Å². The minimum absolute atomic E-state index is 0.0153. The summed E-state index contributed by atoms with van der Waals surface area (Å²) >= 11 is 12.3. The third-order valence-electron chi connectivity index (χ3n) is 6.82. The van der Waals surface area contributed by atoms with Gasteiger partial charge in [0.15, 0.2) is 5.82 Å². The number of amides is 1. The zero-order chi connectivity index (χ0) is 27.8. The lowest BCUT2D eigenvalue weighted by Crippen LogP contribution is -2.27. The van der Waals surface area contributed by atoms with Crippen molar-refractivity contribution in [1.29, 1.82) is 0 Å². The van der Waals surface area contributed by atoms with Gasteiger partial charge >= 0.3 is 5.76 Å². The van der Waals surface area contributed by atoms with Gasteiger partial charge in [0.2, 0.25) is 5.91 Å². The Labute approximate surface area is 237 Å². The third kappa shape index (κ3) is 4.97. The number of carbonyl (C=O) groups excluding carboxylic acids is 1. The van der Waals surface area contributed by atoms with Gasteiger partial charge in [-0.25, -0.2) is 9.80 Å². The van der Waals surface area contributed by atoms with Crippen LogP contribution in [0.1, 0.15) is 35.8 Å². The van der Waals surface area contributed by atoms with E-state index in [1.807, 2.05) is 48.5 Å². The van der Waals surface area contributed by atoms with Crippen molar-refractivity contribution in [2.45, 2.75) is 25.3 Å². The van der Waals surface area contributed by atoms with Crippen molar-refractivity contribution in [2.75, 3.05) is 0 Å². The monoisotopic (exact) mass is 573 g/mol. The maximum Gasteiger partial charge on any atom is 0.438 e. The number of hydrogen-bond donors (Lipinski definition) is 2. The topological polar surface area (TPSA) is 124 Å². The third-order valence-corrected chi connectivity index (χ3v) is 7.33. The number of para-hydroxylation sites is 1. The molecule has 9 nitrogen and oxygen atoms in total. The lowest BCUT2D eigenvalue weighted by molar-refractivity contribution is -0.133. The molecule has 0 fully saturated rings. The fourth-order valence-electron chi connectivity index (χ4n) is 4.98. The molecule has 0 saturated heterocycles. The van der Waals surface area contributed by atoms with Crippen LogP contribution < -0.4 is 11.3 Å². The SMILES string of the molecule is O=C(CCc1noc(=O)[nH]1)N1N=C(c2c(-c3ccc(Cl)cc3)c3ccccc3[nH]c2=O)CC1c1ccc(Cl)cc1. The highest BCUT2D eigenvalue weighted by Gasteiger charge is 2.35. The van der Waals surface area contributed by atoms with Crippen LogP contribution in [-0.4, -0.2) is 31.8 Å². The Morgan fingerprint density at radius 1 is 0.925 bits per heavy atom. The summed E-state index contributed by atoms with van der Waals surface area (Å²) in [6.45, 7) is 0. The van der Waals surface area contributed by atoms with Crippen LogP contribution >= 0.6 is 23.2 Å². The number of hydrogen-bond acceptors (Lipinski definition) is 6. The molecule has 1 amide bonds. The van der Waals surface area contributed by atoms with Crippen LogP contribution in [0.2, 0.25) is 10.0 Å². The normalized spacial score (nSPS) is 15.0. The molecule has 3 aromatic carbocycles. The van der Waals surface area contributed by atoms with Crippen molar-refractivity contribution in [2.24, 2.45) is 5.10 Å².